The first-order valence-corrected chi connectivity index (χ1v) is 9.69. The number of nitrogens with zero attached hydrogens (tertiary/aromatic N) is 1. The normalized spacial score (nSPS) is 14.2. The summed E-state index contributed by atoms with van der Waals surface area (Å²) in [6, 6.07) is 16.2. The number of hydrogen-bond donors (Lipinski definition) is 3. The number of imide groups is 1. The summed E-state index contributed by atoms with van der Waals surface area (Å²) in [5.74, 6) is -0.532. The third kappa shape index (κ3) is 6.15. The minimum atomic E-state index is -0.441. The molecule has 4 amide bonds. The number of benzene rings is 2. The van der Waals surface area contributed by atoms with Crippen molar-refractivity contribution < 1.29 is 14.4 Å². The molecule has 1 fully saturated rings. The molecule has 1 atom stereocenters. The van der Waals surface area contributed by atoms with Gasteiger partial charge < -0.3 is 10.6 Å². The SMILES string of the molecule is C[C@@H](c1cccc(NC(=O)c2ccccc2)c1)N(C)CC(=O)NC(=O)NC1CC1. The van der Waals surface area contributed by atoms with Gasteiger partial charge in [-0.3, -0.25) is 19.8 Å². The highest BCUT2D eigenvalue weighted by atomic mass is 16.2. The van der Waals surface area contributed by atoms with E-state index in [1.165, 1.54) is 0 Å². The zero-order valence-corrected chi connectivity index (χ0v) is 16.6. The Bertz CT molecular complexity index is 881. The number of carbonyl (C=O) groups excluding carboxylic acids is 3. The fraction of sp³-hybridized carbons (Fsp3) is 0.318. The van der Waals surface area contributed by atoms with Crippen LogP contribution >= 0.6 is 0 Å². The lowest BCUT2D eigenvalue weighted by atomic mass is 10.1. The number of carbonyl (C=O) groups is 3. The van der Waals surface area contributed by atoms with Crippen molar-refractivity contribution in [1.82, 2.24) is 15.5 Å². The number of nitrogens with one attached hydrogen (secondary N) is 3. The van der Waals surface area contributed by atoms with Crippen molar-refractivity contribution in [3.05, 3.63) is 65.7 Å². The zero-order valence-electron chi connectivity index (χ0n) is 16.6. The molecule has 2 aromatic carbocycles. The molecule has 0 saturated heterocycles. The van der Waals surface area contributed by atoms with Gasteiger partial charge in [0.1, 0.15) is 0 Å². The molecular weight excluding hydrogens is 368 g/mol. The van der Waals surface area contributed by atoms with Gasteiger partial charge in [0.05, 0.1) is 6.54 Å². The maximum Gasteiger partial charge on any atom is 0.321 e. The Hall–Kier alpha value is -3.19. The molecule has 1 aliphatic carbocycles. The first-order valence-electron chi connectivity index (χ1n) is 9.69. The number of amides is 4. The van der Waals surface area contributed by atoms with Crippen molar-refractivity contribution in [2.75, 3.05) is 18.9 Å². The van der Waals surface area contributed by atoms with Gasteiger partial charge in [-0.1, -0.05) is 30.3 Å². The number of hydrogen-bond acceptors (Lipinski definition) is 4. The van der Waals surface area contributed by atoms with Crippen LogP contribution in [0.3, 0.4) is 0 Å². The molecular formula is C22H26N4O3. The first kappa shape index (κ1) is 20.5. The van der Waals surface area contributed by atoms with Gasteiger partial charge in [-0.25, -0.2) is 4.79 Å². The van der Waals surface area contributed by atoms with E-state index in [1.807, 2.05) is 61.3 Å². The largest absolute Gasteiger partial charge is 0.335 e. The van der Waals surface area contributed by atoms with Gasteiger partial charge in [0.25, 0.3) is 5.91 Å². The third-order valence-electron chi connectivity index (χ3n) is 4.88. The molecule has 29 heavy (non-hydrogen) atoms. The second-order valence-corrected chi connectivity index (χ2v) is 7.33. The Morgan fingerprint density at radius 2 is 1.79 bits per heavy atom. The van der Waals surface area contributed by atoms with E-state index in [-0.39, 0.29) is 30.4 Å². The zero-order chi connectivity index (χ0) is 20.8. The summed E-state index contributed by atoms with van der Waals surface area (Å²) in [5, 5.41) is 7.98. The van der Waals surface area contributed by atoms with Crippen LogP contribution in [0.5, 0.6) is 0 Å². The van der Waals surface area contributed by atoms with Crippen LogP contribution < -0.4 is 16.0 Å². The molecule has 0 unspecified atom stereocenters. The van der Waals surface area contributed by atoms with Crippen LogP contribution in [-0.4, -0.2) is 42.4 Å². The second-order valence-electron chi connectivity index (χ2n) is 7.33. The maximum atomic E-state index is 12.3. The van der Waals surface area contributed by atoms with E-state index in [0.29, 0.717) is 11.3 Å². The van der Waals surface area contributed by atoms with Crippen molar-refractivity contribution >= 4 is 23.5 Å². The van der Waals surface area contributed by atoms with E-state index in [1.54, 1.807) is 12.1 Å². The molecule has 152 valence electrons. The summed E-state index contributed by atoms with van der Waals surface area (Å²) in [5.41, 5.74) is 2.22. The Morgan fingerprint density at radius 3 is 2.48 bits per heavy atom. The summed E-state index contributed by atoms with van der Waals surface area (Å²) in [6.45, 7) is 2.05. The molecule has 7 heteroatoms. The quantitative estimate of drug-likeness (QED) is 0.673. The monoisotopic (exact) mass is 394 g/mol. The van der Waals surface area contributed by atoms with Crippen LogP contribution in [0.15, 0.2) is 54.6 Å². The maximum absolute atomic E-state index is 12.3. The Labute approximate surface area is 170 Å². The lowest BCUT2D eigenvalue weighted by Gasteiger charge is -2.24. The van der Waals surface area contributed by atoms with Gasteiger partial charge in [0.15, 0.2) is 0 Å². The predicted octanol–water partition coefficient (Wildman–Crippen LogP) is 2.92. The van der Waals surface area contributed by atoms with Gasteiger partial charge in [-0.15, -0.1) is 0 Å². The highest BCUT2D eigenvalue weighted by Crippen LogP contribution is 2.22. The molecule has 3 rings (SSSR count). The van der Waals surface area contributed by atoms with E-state index in [0.717, 1.165) is 18.4 Å². The van der Waals surface area contributed by atoms with Crippen LogP contribution in [0.1, 0.15) is 41.7 Å². The van der Waals surface area contributed by atoms with Crippen molar-refractivity contribution in [2.45, 2.75) is 31.8 Å². The summed E-state index contributed by atoms with van der Waals surface area (Å²) >= 11 is 0. The average Bonchev–Trinajstić information content (AvgIpc) is 3.51. The van der Waals surface area contributed by atoms with Crippen molar-refractivity contribution in [3.8, 4) is 0 Å². The Kier molecular flexibility index (Phi) is 6.61. The molecule has 0 heterocycles. The number of urea groups is 1. The summed E-state index contributed by atoms with van der Waals surface area (Å²) in [7, 11) is 1.82. The molecule has 0 aliphatic heterocycles. The van der Waals surface area contributed by atoms with Gasteiger partial charge in [0.2, 0.25) is 5.91 Å². The number of rotatable bonds is 7. The first-order chi connectivity index (χ1) is 13.9. The van der Waals surface area contributed by atoms with Crippen LogP contribution in [-0.2, 0) is 4.79 Å². The second kappa shape index (κ2) is 9.34. The molecule has 2 aromatic rings. The molecule has 0 spiro atoms. The van der Waals surface area contributed by atoms with Crippen molar-refractivity contribution in [3.63, 3.8) is 0 Å². The van der Waals surface area contributed by atoms with Crippen molar-refractivity contribution in [1.29, 1.82) is 0 Å². The lowest BCUT2D eigenvalue weighted by Crippen LogP contribution is -2.44. The average molecular weight is 394 g/mol. The fourth-order valence-corrected chi connectivity index (χ4v) is 2.90. The number of likely N-dealkylation sites (N-methyl/N-ethyl adjacent to an activating group) is 1. The Balaban J connectivity index is 1.56. The van der Waals surface area contributed by atoms with Crippen LogP contribution in [0.4, 0.5) is 10.5 Å². The minimum Gasteiger partial charge on any atom is -0.335 e. The van der Waals surface area contributed by atoms with E-state index >= 15 is 0 Å². The van der Waals surface area contributed by atoms with E-state index < -0.39 is 6.03 Å². The molecule has 0 bridgehead atoms. The van der Waals surface area contributed by atoms with E-state index in [9.17, 15) is 14.4 Å². The van der Waals surface area contributed by atoms with Gasteiger partial charge in [-0.05, 0) is 56.6 Å². The van der Waals surface area contributed by atoms with Gasteiger partial charge in [0, 0.05) is 23.3 Å². The van der Waals surface area contributed by atoms with Crippen LogP contribution in [0, 0.1) is 0 Å². The fourth-order valence-electron chi connectivity index (χ4n) is 2.90. The Morgan fingerprint density at radius 1 is 1.07 bits per heavy atom. The molecule has 1 aliphatic rings. The highest BCUT2D eigenvalue weighted by molar-refractivity contribution is 6.04. The summed E-state index contributed by atoms with van der Waals surface area (Å²) in [4.78, 5) is 38.0. The van der Waals surface area contributed by atoms with E-state index in [2.05, 4.69) is 16.0 Å². The standard InChI is InChI=1S/C22H26N4O3/c1-15(26(2)14-20(27)25-22(29)24-18-11-12-18)17-9-6-10-19(13-17)23-21(28)16-7-4-3-5-8-16/h3-10,13,15,18H,11-12,14H2,1-2H3,(H,23,28)(H2,24,25,27,29)/t15-/m0/s1. The molecule has 0 aromatic heterocycles. The van der Waals surface area contributed by atoms with E-state index in [4.69, 9.17) is 0 Å². The summed E-state index contributed by atoms with van der Waals surface area (Å²) < 4.78 is 0. The van der Waals surface area contributed by atoms with Crippen molar-refractivity contribution in [2.24, 2.45) is 0 Å². The van der Waals surface area contributed by atoms with Gasteiger partial charge in [-0.2, -0.15) is 0 Å². The summed E-state index contributed by atoms with van der Waals surface area (Å²) in [6.07, 6.45) is 1.94. The molecule has 3 N–H and O–H groups in total. The van der Waals surface area contributed by atoms with Crippen LogP contribution in [0.2, 0.25) is 0 Å². The number of anilines is 1. The molecule has 7 nitrogen and oxygen atoms in total. The highest BCUT2D eigenvalue weighted by Gasteiger charge is 2.24. The predicted molar refractivity (Wildman–Crippen MR) is 112 cm³/mol. The lowest BCUT2D eigenvalue weighted by molar-refractivity contribution is -0.121. The topological polar surface area (TPSA) is 90.5 Å². The van der Waals surface area contributed by atoms with Gasteiger partial charge >= 0.3 is 6.03 Å². The molecule has 1 saturated carbocycles. The smallest absolute Gasteiger partial charge is 0.321 e. The molecule has 0 radical (unpaired) electrons. The third-order valence-corrected chi connectivity index (χ3v) is 4.88. The minimum absolute atomic E-state index is 0.0826. The van der Waals surface area contributed by atoms with Crippen LogP contribution in [0.25, 0.3) is 0 Å².